The van der Waals surface area contributed by atoms with E-state index in [-0.39, 0.29) is 0 Å². The highest BCUT2D eigenvalue weighted by molar-refractivity contribution is 8.00. The minimum atomic E-state index is 0.562. The van der Waals surface area contributed by atoms with Gasteiger partial charge in [0.1, 0.15) is 5.76 Å². The Bertz CT molecular complexity index is 330. The van der Waals surface area contributed by atoms with Gasteiger partial charge in [-0.3, -0.25) is 4.90 Å². The van der Waals surface area contributed by atoms with Gasteiger partial charge in [-0.1, -0.05) is 13.8 Å². The number of thioether (sulfide) groups is 1. The SMILES string of the molecule is CC1CN(Cc2cc(CN)co2)CC(C)S1. The van der Waals surface area contributed by atoms with E-state index in [9.17, 15) is 0 Å². The first-order valence-electron chi connectivity index (χ1n) is 5.81. The van der Waals surface area contributed by atoms with Crippen LogP contribution in [0.5, 0.6) is 0 Å². The van der Waals surface area contributed by atoms with Gasteiger partial charge >= 0.3 is 0 Å². The highest BCUT2D eigenvalue weighted by atomic mass is 32.2. The van der Waals surface area contributed by atoms with Gasteiger partial charge in [0, 0.05) is 35.7 Å². The molecule has 0 spiro atoms. The molecule has 2 atom stereocenters. The molecular weight excluding hydrogens is 220 g/mol. The number of furan rings is 1. The van der Waals surface area contributed by atoms with Crippen LogP contribution >= 0.6 is 11.8 Å². The average molecular weight is 240 g/mol. The Morgan fingerprint density at radius 3 is 2.69 bits per heavy atom. The molecule has 2 heterocycles. The molecule has 1 aromatic heterocycles. The molecule has 16 heavy (non-hydrogen) atoms. The van der Waals surface area contributed by atoms with Gasteiger partial charge in [-0.15, -0.1) is 0 Å². The lowest BCUT2D eigenvalue weighted by Gasteiger charge is -2.33. The fraction of sp³-hybridized carbons (Fsp3) is 0.667. The second-order valence-electron chi connectivity index (χ2n) is 4.58. The predicted octanol–water partition coefficient (Wildman–Crippen LogP) is 2.06. The van der Waals surface area contributed by atoms with E-state index in [4.69, 9.17) is 10.2 Å². The second-order valence-corrected chi connectivity index (χ2v) is 6.46. The molecule has 0 saturated carbocycles. The van der Waals surface area contributed by atoms with Crippen molar-refractivity contribution in [1.82, 2.24) is 4.90 Å². The van der Waals surface area contributed by atoms with Crippen molar-refractivity contribution >= 4 is 11.8 Å². The summed E-state index contributed by atoms with van der Waals surface area (Å²) in [5.41, 5.74) is 6.65. The van der Waals surface area contributed by atoms with Gasteiger partial charge in [-0.25, -0.2) is 0 Å². The van der Waals surface area contributed by atoms with Crippen LogP contribution in [0.1, 0.15) is 25.2 Å². The van der Waals surface area contributed by atoms with E-state index in [1.165, 1.54) is 0 Å². The smallest absolute Gasteiger partial charge is 0.118 e. The van der Waals surface area contributed by atoms with E-state index in [0.29, 0.717) is 17.0 Å². The van der Waals surface area contributed by atoms with Crippen molar-refractivity contribution in [2.24, 2.45) is 5.73 Å². The number of rotatable bonds is 3. The molecule has 4 heteroatoms. The summed E-state index contributed by atoms with van der Waals surface area (Å²) < 4.78 is 5.50. The first-order valence-corrected chi connectivity index (χ1v) is 6.76. The molecule has 0 bridgehead atoms. The highest BCUT2D eigenvalue weighted by Crippen LogP contribution is 2.25. The summed E-state index contributed by atoms with van der Waals surface area (Å²) in [4.78, 5) is 2.46. The van der Waals surface area contributed by atoms with Gasteiger partial charge in [0.15, 0.2) is 0 Å². The van der Waals surface area contributed by atoms with Crippen LogP contribution in [0.2, 0.25) is 0 Å². The molecule has 2 N–H and O–H groups in total. The van der Waals surface area contributed by atoms with Gasteiger partial charge in [-0.05, 0) is 6.07 Å². The van der Waals surface area contributed by atoms with Crippen LogP contribution in [-0.4, -0.2) is 28.5 Å². The Morgan fingerprint density at radius 1 is 1.44 bits per heavy atom. The Labute approximate surface area is 101 Å². The molecular formula is C12H20N2OS. The quantitative estimate of drug-likeness (QED) is 0.878. The van der Waals surface area contributed by atoms with Crippen molar-refractivity contribution in [2.75, 3.05) is 13.1 Å². The van der Waals surface area contributed by atoms with Gasteiger partial charge < -0.3 is 10.2 Å². The van der Waals surface area contributed by atoms with E-state index in [0.717, 1.165) is 31.0 Å². The number of hydrogen-bond donors (Lipinski definition) is 1. The second kappa shape index (κ2) is 5.25. The number of hydrogen-bond acceptors (Lipinski definition) is 4. The fourth-order valence-electron chi connectivity index (χ4n) is 2.25. The zero-order chi connectivity index (χ0) is 11.5. The van der Waals surface area contributed by atoms with E-state index in [1.807, 2.05) is 0 Å². The molecule has 0 aliphatic carbocycles. The van der Waals surface area contributed by atoms with Crippen molar-refractivity contribution in [1.29, 1.82) is 0 Å². The summed E-state index contributed by atoms with van der Waals surface area (Å²) in [6.07, 6.45) is 1.76. The maximum atomic E-state index is 5.56. The maximum absolute atomic E-state index is 5.56. The van der Waals surface area contributed by atoms with Crippen molar-refractivity contribution in [2.45, 2.75) is 37.4 Å². The maximum Gasteiger partial charge on any atom is 0.118 e. The van der Waals surface area contributed by atoms with Crippen molar-refractivity contribution in [3.8, 4) is 0 Å². The summed E-state index contributed by atoms with van der Waals surface area (Å²) in [7, 11) is 0. The number of nitrogens with zero attached hydrogens (tertiary/aromatic N) is 1. The normalized spacial score (nSPS) is 27.2. The summed E-state index contributed by atoms with van der Waals surface area (Å²) in [5, 5.41) is 1.43. The standard InChI is InChI=1S/C12H20N2OS/c1-9-5-14(6-10(2)16-9)7-12-3-11(4-13)8-15-12/h3,8-10H,4-7,13H2,1-2H3. The van der Waals surface area contributed by atoms with Crippen LogP contribution in [0.4, 0.5) is 0 Å². The molecule has 3 nitrogen and oxygen atoms in total. The van der Waals surface area contributed by atoms with Crippen molar-refractivity contribution < 1.29 is 4.42 Å². The van der Waals surface area contributed by atoms with Gasteiger partial charge in [0.2, 0.25) is 0 Å². The van der Waals surface area contributed by atoms with Crippen LogP contribution < -0.4 is 5.73 Å². The van der Waals surface area contributed by atoms with Gasteiger partial charge in [-0.2, -0.15) is 11.8 Å². The summed E-state index contributed by atoms with van der Waals surface area (Å²) >= 11 is 2.07. The third-order valence-electron chi connectivity index (χ3n) is 2.82. The summed E-state index contributed by atoms with van der Waals surface area (Å²) in [5.74, 6) is 1.03. The Kier molecular flexibility index (Phi) is 3.95. The fourth-order valence-corrected chi connectivity index (χ4v) is 3.64. The van der Waals surface area contributed by atoms with E-state index in [2.05, 4.69) is 36.6 Å². The average Bonchev–Trinajstić information content (AvgIpc) is 2.64. The van der Waals surface area contributed by atoms with E-state index >= 15 is 0 Å². The minimum absolute atomic E-state index is 0.562. The molecule has 1 aliphatic heterocycles. The van der Waals surface area contributed by atoms with E-state index < -0.39 is 0 Å². The summed E-state index contributed by atoms with van der Waals surface area (Å²) in [6, 6.07) is 2.07. The van der Waals surface area contributed by atoms with Crippen LogP contribution in [-0.2, 0) is 13.1 Å². The monoisotopic (exact) mass is 240 g/mol. The first kappa shape index (κ1) is 12.0. The molecule has 0 radical (unpaired) electrons. The lowest BCUT2D eigenvalue weighted by atomic mass is 10.2. The first-order chi connectivity index (χ1) is 7.67. The van der Waals surface area contributed by atoms with Crippen LogP contribution in [0.25, 0.3) is 0 Å². The van der Waals surface area contributed by atoms with Crippen LogP contribution in [0, 0.1) is 0 Å². The molecule has 1 fully saturated rings. The molecule has 0 amide bonds. The third kappa shape index (κ3) is 3.03. The minimum Gasteiger partial charge on any atom is -0.468 e. The Morgan fingerprint density at radius 2 is 2.12 bits per heavy atom. The predicted molar refractivity (Wildman–Crippen MR) is 68.4 cm³/mol. The van der Waals surface area contributed by atoms with E-state index in [1.54, 1.807) is 6.26 Å². The molecule has 1 aliphatic rings. The largest absolute Gasteiger partial charge is 0.468 e. The van der Waals surface area contributed by atoms with Crippen molar-refractivity contribution in [3.63, 3.8) is 0 Å². The lowest BCUT2D eigenvalue weighted by molar-refractivity contribution is 0.241. The highest BCUT2D eigenvalue weighted by Gasteiger charge is 2.22. The topological polar surface area (TPSA) is 42.4 Å². The third-order valence-corrected chi connectivity index (χ3v) is 4.05. The lowest BCUT2D eigenvalue weighted by Crippen LogP contribution is -2.39. The zero-order valence-electron chi connectivity index (χ0n) is 9.98. The summed E-state index contributed by atoms with van der Waals surface area (Å²) in [6.45, 7) is 8.35. The molecule has 2 unspecified atom stereocenters. The van der Waals surface area contributed by atoms with Gasteiger partial charge in [0.05, 0.1) is 12.8 Å². The van der Waals surface area contributed by atoms with Gasteiger partial charge in [0.25, 0.3) is 0 Å². The van der Waals surface area contributed by atoms with Crippen molar-refractivity contribution in [3.05, 3.63) is 23.7 Å². The molecule has 90 valence electrons. The van der Waals surface area contributed by atoms with Crippen LogP contribution in [0.15, 0.2) is 16.7 Å². The Hall–Kier alpha value is -0.450. The molecule has 1 aromatic rings. The van der Waals surface area contributed by atoms with Crippen LogP contribution in [0.3, 0.4) is 0 Å². The zero-order valence-corrected chi connectivity index (χ0v) is 10.8. The molecule has 1 saturated heterocycles. The molecule has 0 aromatic carbocycles. The Balaban J connectivity index is 1.93. The molecule has 2 rings (SSSR count). The number of nitrogens with two attached hydrogens (primary N) is 1.